The summed E-state index contributed by atoms with van der Waals surface area (Å²) in [5, 5.41) is 0. The first-order valence-corrected chi connectivity index (χ1v) is 4.76. The summed E-state index contributed by atoms with van der Waals surface area (Å²) in [7, 11) is 0. The number of rotatable bonds is 3. The third-order valence-electron chi connectivity index (χ3n) is 1.78. The molecule has 3 heteroatoms. The van der Waals surface area contributed by atoms with Gasteiger partial charge in [0.15, 0.2) is 0 Å². The fourth-order valence-corrected chi connectivity index (χ4v) is 1.75. The molecule has 0 amide bonds. The van der Waals surface area contributed by atoms with Gasteiger partial charge in [-0.05, 0) is 24.1 Å². The van der Waals surface area contributed by atoms with Crippen LogP contribution in [-0.2, 0) is 0 Å². The van der Waals surface area contributed by atoms with Crippen molar-refractivity contribution >= 4 is 15.9 Å². The van der Waals surface area contributed by atoms with Crippen LogP contribution in [0.25, 0.3) is 0 Å². The van der Waals surface area contributed by atoms with Gasteiger partial charge in [-0.25, -0.2) is 4.39 Å². The largest absolute Gasteiger partial charge is 0.324 e. The van der Waals surface area contributed by atoms with Gasteiger partial charge in [0.05, 0.1) is 0 Å². The van der Waals surface area contributed by atoms with E-state index in [2.05, 4.69) is 22.5 Å². The summed E-state index contributed by atoms with van der Waals surface area (Å²) >= 11 is 3.26. The van der Waals surface area contributed by atoms with Gasteiger partial charge in [-0.1, -0.05) is 28.1 Å². The molecule has 0 saturated carbocycles. The van der Waals surface area contributed by atoms with Crippen LogP contribution in [0.2, 0.25) is 0 Å². The second kappa shape index (κ2) is 4.53. The highest BCUT2D eigenvalue weighted by atomic mass is 79.9. The smallest absolute Gasteiger partial charge is 0.124 e. The molecule has 1 nitrogen and oxygen atoms in total. The van der Waals surface area contributed by atoms with Crippen LogP contribution < -0.4 is 5.73 Å². The van der Waals surface area contributed by atoms with Crippen LogP contribution in [0.15, 0.2) is 35.3 Å². The van der Waals surface area contributed by atoms with E-state index in [9.17, 15) is 4.39 Å². The maximum absolute atomic E-state index is 12.7. The normalized spacial score (nSPS) is 12.5. The molecule has 0 fully saturated rings. The SMILES string of the molecule is C=CC[C@@H](N)c1ccc(F)cc1Br. The molecule has 0 spiro atoms. The molecule has 0 aliphatic carbocycles. The highest BCUT2D eigenvalue weighted by Crippen LogP contribution is 2.24. The minimum Gasteiger partial charge on any atom is -0.324 e. The van der Waals surface area contributed by atoms with Crippen LogP contribution in [0.4, 0.5) is 4.39 Å². The molecule has 0 aliphatic rings. The number of nitrogens with two attached hydrogens (primary N) is 1. The van der Waals surface area contributed by atoms with Crippen LogP contribution in [0.5, 0.6) is 0 Å². The van der Waals surface area contributed by atoms with Gasteiger partial charge in [0.1, 0.15) is 5.82 Å². The molecule has 1 aromatic carbocycles. The van der Waals surface area contributed by atoms with Crippen LogP contribution in [-0.4, -0.2) is 0 Å². The average Bonchev–Trinajstić information content (AvgIpc) is 2.04. The van der Waals surface area contributed by atoms with E-state index in [0.717, 1.165) is 5.56 Å². The molecule has 1 rings (SSSR count). The van der Waals surface area contributed by atoms with Gasteiger partial charge in [-0.2, -0.15) is 0 Å². The highest BCUT2D eigenvalue weighted by Gasteiger charge is 2.08. The van der Waals surface area contributed by atoms with E-state index in [1.54, 1.807) is 12.1 Å². The molecule has 1 aromatic rings. The van der Waals surface area contributed by atoms with Gasteiger partial charge >= 0.3 is 0 Å². The number of hydrogen-bond acceptors (Lipinski definition) is 1. The summed E-state index contributed by atoms with van der Waals surface area (Å²) in [4.78, 5) is 0. The minimum atomic E-state index is -0.263. The van der Waals surface area contributed by atoms with Crippen molar-refractivity contribution in [1.82, 2.24) is 0 Å². The Morgan fingerprint density at radius 1 is 1.62 bits per heavy atom. The predicted octanol–water partition coefficient (Wildman–Crippen LogP) is 3.16. The summed E-state index contributed by atoms with van der Waals surface area (Å²) in [5.74, 6) is -0.263. The second-order valence-electron chi connectivity index (χ2n) is 2.80. The van der Waals surface area contributed by atoms with Crippen LogP contribution in [0.1, 0.15) is 18.0 Å². The molecule has 70 valence electrons. The first-order chi connectivity index (χ1) is 6.15. The summed E-state index contributed by atoms with van der Waals surface area (Å²) in [5.41, 5.74) is 6.74. The molecule has 0 radical (unpaired) electrons. The maximum atomic E-state index is 12.7. The Bertz CT molecular complexity index is 312. The third-order valence-corrected chi connectivity index (χ3v) is 2.47. The van der Waals surface area contributed by atoms with Crippen molar-refractivity contribution < 1.29 is 4.39 Å². The van der Waals surface area contributed by atoms with Gasteiger partial charge in [0.2, 0.25) is 0 Å². The standard InChI is InChI=1S/C10H11BrFN/c1-2-3-10(13)8-5-4-7(12)6-9(8)11/h2,4-6,10H,1,3,13H2/t10-/m1/s1. The van der Waals surface area contributed by atoms with Crippen LogP contribution in [0, 0.1) is 5.82 Å². The first kappa shape index (κ1) is 10.4. The second-order valence-corrected chi connectivity index (χ2v) is 3.65. The Hall–Kier alpha value is -0.670. The fourth-order valence-electron chi connectivity index (χ4n) is 1.11. The molecule has 1 atom stereocenters. The van der Waals surface area contributed by atoms with E-state index in [1.807, 2.05) is 0 Å². The molecular weight excluding hydrogens is 233 g/mol. The van der Waals surface area contributed by atoms with E-state index in [0.29, 0.717) is 10.9 Å². The zero-order chi connectivity index (χ0) is 9.84. The summed E-state index contributed by atoms with van der Waals surface area (Å²) in [6.07, 6.45) is 2.44. The van der Waals surface area contributed by atoms with Gasteiger partial charge in [-0.15, -0.1) is 6.58 Å². The van der Waals surface area contributed by atoms with Crippen molar-refractivity contribution in [2.24, 2.45) is 5.73 Å². The van der Waals surface area contributed by atoms with Crippen molar-refractivity contribution in [2.75, 3.05) is 0 Å². The van der Waals surface area contributed by atoms with E-state index in [4.69, 9.17) is 5.73 Å². The molecule has 13 heavy (non-hydrogen) atoms. The number of halogens is 2. The topological polar surface area (TPSA) is 26.0 Å². The van der Waals surface area contributed by atoms with E-state index >= 15 is 0 Å². The van der Waals surface area contributed by atoms with Gasteiger partial charge in [0.25, 0.3) is 0 Å². The molecular formula is C10H11BrFN. The Morgan fingerprint density at radius 2 is 2.31 bits per heavy atom. The Labute approximate surface area is 85.6 Å². The number of benzene rings is 1. The van der Waals surface area contributed by atoms with Crippen LogP contribution >= 0.6 is 15.9 Å². The fraction of sp³-hybridized carbons (Fsp3) is 0.200. The zero-order valence-electron chi connectivity index (χ0n) is 7.13. The molecule has 0 bridgehead atoms. The first-order valence-electron chi connectivity index (χ1n) is 3.96. The lowest BCUT2D eigenvalue weighted by Crippen LogP contribution is -2.09. The molecule has 0 aromatic heterocycles. The van der Waals surface area contributed by atoms with Crippen molar-refractivity contribution in [3.05, 3.63) is 46.7 Å². The Balaban J connectivity index is 2.94. The van der Waals surface area contributed by atoms with Crippen molar-refractivity contribution in [3.8, 4) is 0 Å². The summed E-state index contributed by atoms with van der Waals surface area (Å²) in [6.45, 7) is 3.60. The summed E-state index contributed by atoms with van der Waals surface area (Å²) in [6, 6.07) is 4.39. The van der Waals surface area contributed by atoms with Crippen molar-refractivity contribution in [3.63, 3.8) is 0 Å². The van der Waals surface area contributed by atoms with Crippen molar-refractivity contribution in [1.29, 1.82) is 0 Å². The lowest BCUT2D eigenvalue weighted by atomic mass is 10.1. The molecule has 0 unspecified atom stereocenters. The Morgan fingerprint density at radius 3 is 2.85 bits per heavy atom. The van der Waals surface area contributed by atoms with Crippen LogP contribution in [0.3, 0.4) is 0 Å². The molecule has 0 heterocycles. The quantitative estimate of drug-likeness (QED) is 0.812. The maximum Gasteiger partial charge on any atom is 0.124 e. The van der Waals surface area contributed by atoms with E-state index < -0.39 is 0 Å². The highest BCUT2D eigenvalue weighted by molar-refractivity contribution is 9.10. The van der Waals surface area contributed by atoms with Gasteiger partial charge < -0.3 is 5.73 Å². The van der Waals surface area contributed by atoms with Gasteiger partial charge in [-0.3, -0.25) is 0 Å². The van der Waals surface area contributed by atoms with Gasteiger partial charge in [0, 0.05) is 10.5 Å². The average molecular weight is 244 g/mol. The Kier molecular flexibility index (Phi) is 3.63. The molecule has 0 aliphatic heterocycles. The minimum absolute atomic E-state index is 0.118. The lowest BCUT2D eigenvalue weighted by molar-refractivity contribution is 0.623. The number of hydrogen-bond donors (Lipinski definition) is 1. The molecule has 2 N–H and O–H groups in total. The molecule has 0 saturated heterocycles. The summed E-state index contributed by atoms with van der Waals surface area (Å²) < 4.78 is 13.4. The van der Waals surface area contributed by atoms with E-state index in [1.165, 1.54) is 12.1 Å². The lowest BCUT2D eigenvalue weighted by Gasteiger charge is -2.11. The zero-order valence-corrected chi connectivity index (χ0v) is 8.72. The monoisotopic (exact) mass is 243 g/mol. The van der Waals surface area contributed by atoms with E-state index in [-0.39, 0.29) is 11.9 Å². The predicted molar refractivity (Wildman–Crippen MR) is 55.8 cm³/mol. The van der Waals surface area contributed by atoms with Crippen molar-refractivity contribution in [2.45, 2.75) is 12.5 Å². The third kappa shape index (κ3) is 2.64.